The first-order valence-electron chi connectivity index (χ1n) is 7.18. The van der Waals surface area contributed by atoms with Gasteiger partial charge in [-0.2, -0.15) is 5.10 Å². The smallest absolute Gasteiger partial charge is 0.123 e. The van der Waals surface area contributed by atoms with Crippen LogP contribution in [0.25, 0.3) is 0 Å². The zero-order valence-electron chi connectivity index (χ0n) is 12.4. The molecule has 1 unspecified atom stereocenters. The van der Waals surface area contributed by atoms with E-state index < -0.39 is 0 Å². The van der Waals surface area contributed by atoms with Crippen LogP contribution in [-0.4, -0.2) is 16.3 Å². The van der Waals surface area contributed by atoms with Gasteiger partial charge in [0.25, 0.3) is 0 Å². The molecule has 1 N–H and O–H groups in total. The van der Waals surface area contributed by atoms with E-state index in [9.17, 15) is 4.39 Å². The Hall–Kier alpha value is -1.68. The second kappa shape index (κ2) is 6.66. The van der Waals surface area contributed by atoms with Crippen molar-refractivity contribution in [2.45, 2.75) is 39.8 Å². The molecule has 0 aliphatic rings. The van der Waals surface area contributed by atoms with E-state index in [1.54, 1.807) is 6.07 Å². The second-order valence-corrected chi connectivity index (χ2v) is 4.96. The third-order valence-electron chi connectivity index (χ3n) is 3.49. The number of hydrogen-bond acceptors (Lipinski definition) is 2. The lowest BCUT2D eigenvalue weighted by molar-refractivity contribution is 0.527. The Kier molecular flexibility index (Phi) is 4.90. The third kappa shape index (κ3) is 3.07. The molecule has 2 aromatic rings. The highest BCUT2D eigenvalue weighted by Crippen LogP contribution is 2.25. The number of aromatic nitrogens is 2. The summed E-state index contributed by atoms with van der Waals surface area (Å²) in [6, 6.07) is 7.06. The van der Waals surface area contributed by atoms with Crippen LogP contribution in [0, 0.1) is 12.7 Å². The summed E-state index contributed by atoms with van der Waals surface area (Å²) in [5.41, 5.74) is 3.19. The molecule has 1 heterocycles. The first-order valence-corrected chi connectivity index (χ1v) is 7.18. The zero-order valence-corrected chi connectivity index (χ0v) is 12.4. The molecule has 0 radical (unpaired) electrons. The van der Waals surface area contributed by atoms with Crippen LogP contribution in [0.1, 0.15) is 43.1 Å². The summed E-state index contributed by atoms with van der Waals surface area (Å²) in [4.78, 5) is 0. The molecule has 1 aromatic carbocycles. The van der Waals surface area contributed by atoms with E-state index >= 15 is 0 Å². The molecule has 108 valence electrons. The molecule has 1 atom stereocenters. The van der Waals surface area contributed by atoms with Crippen molar-refractivity contribution in [2.75, 3.05) is 6.54 Å². The van der Waals surface area contributed by atoms with E-state index in [4.69, 9.17) is 0 Å². The normalized spacial score (nSPS) is 12.6. The second-order valence-electron chi connectivity index (χ2n) is 4.96. The fourth-order valence-electron chi connectivity index (χ4n) is 2.48. The Morgan fingerprint density at radius 1 is 1.30 bits per heavy atom. The Bertz CT molecular complexity index is 563. The van der Waals surface area contributed by atoms with Crippen molar-refractivity contribution in [3.05, 3.63) is 53.1 Å². The van der Waals surface area contributed by atoms with Gasteiger partial charge in [0.05, 0.1) is 11.7 Å². The van der Waals surface area contributed by atoms with Crippen LogP contribution < -0.4 is 5.32 Å². The standard InChI is InChI=1S/C16H22FN3/c1-4-9-18-16(15-8-10-19-20(15)5-2)14-7-6-13(17)11-12(14)3/h6-8,10-11,16,18H,4-5,9H2,1-3H3. The van der Waals surface area contributed by atoms with Gasteiger partial charge in [-0.3, -0.25) is 4.68 Å². The molecule has 0 spiro atoms. The summed E-state index contributed by atoms with van der Waals surface area (Å²) in [7, 11) is 0. The number of rotatable bonds is 6. The maximum absolute atomic E-state index is 13.3. The summed E-state index contributed by atoms with van der Waals surface area (Å²) in [5.74, 6) is -0.190. The highest BCUT2D eigenvalue weighted by molar-refractivity contribution is 5.34. The van der Waals surface area contributed by atoms with Gasteiger partial charge in [-0.05, 0) is 56.1 Å². The molecule has 20 heavy (non-hydrogen) atoms. The van der Waals surface area contributed by atoms with Gasteiger partial charge in [0, 0.05) is 12.7 Å². The average Bonchev–Trinajstić information content (AvgIpc) is 2.89. The van der Waals surface area contributed by atoms with E-state index in [2.05, 4.69) is 24.3 Å². The van der Waals surface area contributed by atoms with Gasteiger partial charge in [-0.15, -0.1) is 0 Å². The maximum Gasteiger partial charge on any atom is 0.123 e. The van der Waals surface area contributed by atoms with E-state index in [1.807, 2.05) is 29.9 Å². The minimum atomic E-state index is -0.190. The Morgan fingerprint density at radius 3 is 2.75 bits per heavy atom. The minimum absolute atomic E-state index is 0.0537. The molecule has 2 rings (SSSR count). The molecule has 0 saturated carbocycles. The summed E-state index contributed by atoms with van der Waals surface area (Å²) in [6.45, 7) is 7.90. The van der Waals surface area contributed by atoms with Crippen molar-refractivity contribution in [2.24, 2.45) is 0 Å². The van der Waals surface area contributed by atoms with Crippen molar-refractivity contribution in [1.82, 2.24) is 15.1 Å². The Morgan fingerprint density at radius 2 is 2.10 bits per heavy atom. The third-order valence-corrected chi connectivity index (χ3v) is 3.49. The number of nitrogens with one attached hydrogen (secondary N) is 1. The van der Waals surface area contributed by atoms with Crippen LogP contribution in [0.4, 0.5) is 4.39 Å². The highest BCUT2D eigenvalue weighted by atomic mass is 19.1. The van der Waals surface area contributed by atoms with Crippen LogP contribution >= 0.6 is 0 Å². The predicted octanol–water partition coefficient (Wildman–Crippen LogP) is 3.44. The summed E-state index contributed by atoms with van der Waals surface area (Å²) in [6.07, 6.45) is 2.87. The van der Waals surface area contributed by atoms with Gasteiger partial charge in [-0.1, -0.05) is 13.0 Å². The molecule has 0 bridgehead atoms. The molecule has 0 fully saturated rings. The Labute approximate surface area is 119 Å². The molecule has 0 aliphatic heterocycles. The van der Waals surface area contributed by atoms with Crippen molar-refractivity contribution < 1.29 is 4.39 Å². The lowest BCUT2D eigenvalue weighted by Gasteiger charge is -2.22. The number of nitrogens with zero attached hydrogens (tertiary/aromatic N) is 2. The van der Waals surface area contributed by atoms with Gasteiger partial charge in [-0.25, -0.2) is 4.39 Å². The van der Waals surface area contributed by atoms with Gasteiger partial charge in [0.15, 0.2) is 0 Å². The highest BCUT2D eigenvalue weighted by Gasteiger charge is 2.19. The average molecular weight is 275 g/mol. The molecule has 3 nitrogen and oxygen atoms in total. The summed E-state index contributed by atoms with van der Waals surface area (Å²) < 4.78 is 15.3. The van der Waals surface area contributed by atoms with E-state index in [0.29, 0.717) is 0 Å². The molecular formula is C16H22FN3. The number of aryl methyl sites for hydroxylation is 2. The SMILES string of the molecule is CCCNC(c1ccc(F)cc1C)c1ccnn1CC. The van der Waals surface area contributed by atoms with Crippen LogP contribution in [-0.2, 0) is 6.54 Å². The van der Waals surface area contributed by atoms with E-state index in [1.165, 1.54) is 6.07 Å². The number of halogens is 1. The largest absolute Gasteiger partial charge is 0.305 e. The van der Waals surface area contributed by atoms with Crippen LogP contribution in [0.15, 0.2) is 30.5 Å². The first kappa shape index (κ1) is 14.7. The molecule has 0 saturated heterocycles. The molecule has 1 aromatic heterocycles. The van der Waals surface area contributed by atoms with Gasteiger partial charge in [0.1, 0.15) is 5.82 Å². The molecule has 4 heteroatoms. The number of benzene rings is 1. The van der Waals surface area contributed by atoms with Gasteiger partial charge < -0.3 is 5.32 Å². The van der Waals surface area contributed by atoms with Crippen molar-refractivity contribution in [3.63, 3.8) is 0 Å². The zero-order chi connectivity index (χ0) is 14.5. The lowest BCUT2D eigenvalue weighted by Crippen LogP contribution is -2.26. The lowest BCUT2D eigenvalue weighted by atomic mass is 9.98. The van der Waals surface area contributed by atoms with Crippen molar-refractivity contribution >= 4 is 0 Å². The van der Waals surface area contributed by atoms with Gasteiger partial charge >= 0.3 is 0 Å². The van der Waals surface area contributed by atoms with E-state index in [0.717, 1.165) is 36.3 Å². The molecule has 0 aliphatic carbocycles. The predicted molar refractivity (Wildman–Crippen MR) is 79.2 cm³/mol. The number of hydrogen-bond donors (Lipinski definition) is 1. The topological polar surface area (TPSA) is 29.9 Å². The van der Waals surface area contributed by atoms with E-state index in [-0.39, 0.29) is 11.9 Å². The van der Waals surface area contributed by atoms with Crippen molar-refractivity contribution in [1.29, 1.82) is 0 Å². The molecule has 0 amide bonds. The quantitative estimate of drug-likeness (QED) is 0.875. The first-order chi connectivity index (χ1) is 9.67. The van der Waals surface area contributed by atoms with Gasteiger partial charge in [0.2, 0.25) is 0 Å². The minimum Gasteiger partial charge on any atom is -0.305 e. The maximum atomic E-state index is 13.3. The van der Waals surface area contributed by atoms with Crippen LogP contribution in [0.3, 0.4) is 0 Å². The van der Waals surface area contributed by atoms with Crippen LogP contribution in [0.2, 0.25) is 0 Å². The fraction of sp³-hybridized carbons (Fsp3) is 0.438. The molecular weight excluding hydrogens is 253 g/mol. The monoisotopic (exact) mass is 275 g/mol. The summed E-state index contributed by atoms with van der Waals surface area (Å²) in [5, 5.41) is 7.88. The Balaban J connectivity index is 2.41. The summed E-state index contributed by atoms with van der Waals surface area (Å²) >= 11 is 0. The van der Waals surface area contributed by atoms with Crippen molar-refractivity contribution in [3.8, 4) is 0 Å². The fourth-order valence-corrected chi connectivity index (χ4v) is 2.48. The van der Waals surface area contributed by atoms with Crippen LogP contribution in [0.5, 0.6) is 0 Å².